The zero-order chi connectivity index (χ0) is 15.2. The Morgan fingerprint density at radius 2 is 1.90 bits per heavy atom. The van der Waals surface area contributed by atoms with Gasteiger partial charge in [-0.2, -0.15) is 0 Å². The number of nitrogens with zero attached hydrogens (tertiary/aromatic N) is 1. The Kier molecular flexibility index (Phi) is 5.20. The van der Waals surface area contributed by atoms with E-state index in [9.17, 15) is 9.59 Å². The van der Waals surface area contributed by atoms with Crippen molar-refractivity contribution < 1.29 is 14.3 Å². The molecule has 0 aliphatic carbocycles. The third kappa shape index (κ3) is 4.48. The summed E-state index contributed by atoms with van der Waals surface area (Å²) in [6.07, 6.45) is 1.96. The molecule has 5 heteroatoms. The summed E-state index contributed by atoms with van der Waals surface area (Å²) in [5.41, 5.74) is 0.602. The second-order valence-corrected chi connectivity index (χ2v) is 5.48. The number of carbonyl (C=O) groups excluding carboxylic acids is 2. The van der Waals surface area contributed by atoms with Crippen molar-refractivity contribution >= 4 is 17.5 Å². The van der Waals surface area contributed by atoms with E-state index in [2.05, 4.69) is 5.32 Å². The van der Waals surface area contributed by atoms with Crippen LogP contribution in [0.2, 0.25) is 0 Å². The predicted molar refractivity (Wildman–Crippen MR) is 81.3 cm³/mol. The number of rotatable bonds is 5. The van der Waals surface area contributed by atoms with E-state index in [-0.39, 0.29) is 24.3 Å². The van der Waals surface area contributed by atoms with Gasteiger partial charge in [0.15, 0.2) is 0 Å². The molecule has 1 aliphatic heterocycles. The number of hydrogen-bond donors (Lipinski definition) is 1. The molecule has 1 fully saturated rings. The quantitative estimate of drug-likeness (QED) is 0.847. The monoisotopic (exact) mass is 290 g/mol. The Hall–Kier alpha value is -2.04. The van der Waals surface area contributed by atoms with Crippen LogP contribution in [-0.2, 0) is 9.59 Å². The maximum absolute atomic E-state index is 12.0. The molecule has 0 bridgehead atoms. The van der Waals surface area contributed by atoms with Gasteiger partial charge >= 0.3 is 0 Å². The van der Waals surface area contributed by atoms with Gasteiger partial charge in [0.05, 0.1) is 11.8 Å². The fourth-order valence-electron chi connectivity index (χ4n) is 2.34. The number of likely N-dealkylation sites (tertiary alicyclic amines) is 1. The van der Waals surface area contributed by atoms with Gasteiger partial charge in [-0.15, -0.1) is 0 Å². The number of amides is 2. The molecular formula is C16H22N2O3. The molecule has 1 aliphatic rings. The Bertz CT molecular complexity index is 508. The summed E-state index contributed by atoms with van der Waals surface area (Å²) in [7, 11) is 0. The third-order valence-electron chi connectivity index (χ3n) is 3.29. The first-order valence-corrected chi connectivity index (χ1v) is 7.39. The van der Waals surface area contributed by atoms with Gasteiger partial charge in [0.1, 0.15) is 12.2 Å². The lowest BCUT2D eigenvalue weighted by Gasteiger charge is -2.16. The normalized spacial score (nSPS) is 14.3. The minimum Gasteiger partial charge on any atom is -0.489 e. The molecule has 114 valence electrons. The standard InChI is InChI=1S/C16H22N2O3/c1-12(2)21-14-8-4-3-7-13(14)17-15(19)11-16(20)18-9-5-6-10-18/h3-4,7-8,12H,5-6,9-11H2,1-2H3,(H,17,19). The molecule has 0 radical (unpaired) electrons. The molecule has 1 N–H and O–H groups in total. The number of nitrogens with one attached hydrogen (secondary N) is 1. The van der Waals surface area contributed by atoms with E-state index in [0.29, 0.717) is 11.4 Å². The molecule has 0 atom stereocenters. The van der Waals surface area contributed by atoms with Gasteiger partial charge in [-0.05, 0) is 38.8 Å². The zero-order valence-electron chi connectivity index (χ0n) is 12.6. The van der Waals surface area contributed by atoms with Crippen LogP contribution in [0.25, 0.3) is 0 Å². The van der Waals surface area contributed by atoms with Gasteiger partial charge in [-0.1, -0.05) is 12.1 Å². The van der Waals surface area contributed by atoms with E-state index in [0.717, 1.165) is 25.9 Å². The number of hydrogen-bond acceptors (Lipinski definition) is 3. The fourth-order valence-corrected chi connectivity index (χ4v) is 2.34. The largest absolute Gasteiger partial charge is 0.489 e. The van der Waals surface area contributed by atoms with Crippen LogP contribution >= 0.6 is 0 Å². The van der Waals surface area contributed by atoms with E-state index >= 15 is 0 Å². The Morgan fingerprint density at radius 1 is 1.24 bits per heavy atom. The minimum absolute atomic E-state index is 0.0225. The summed E-state index contributed by atoms with van der Waals surface area (Å²) in [6, 6.07) is 7.25. The Balaban J connectivity index is 1.94. The molecule has 2 amide bonds. The second-order valence-electron chi connectivity index (χ2n) is 5.48. The molecule has 1 aromatic carbocycles. The van der Waals surface area contributed by atoms with Crippen molar-refractivity contribution in [3.05, 3.63) is 24.3 Å². The van der Waals surface area contributed by atoms with Crippen LogP contribution in [0, 0.1) is 0 Å². The lowest BCUT2D eigenvalue weighted by Crippen LogP contribution is -2.31. The van der Waals surface area contributed by atoms with Gasteiger partial charge in [-0.25, -0.2) is 0 Å². The van der Waals surface area contributed by atoms with Crippen LogP contribution in [0.1, 0.15) is 33.1 Å². The molecule has 0 spiro atoms. The van der Waals surface area contributed by atoms with Crippen molar-refractivity contribution in [3.63, 3.8) is 0 Å². The maximum atomic E-state index is 12.0. The first-order chi connectivity index (χ1) is 10.1. The highest BCUT2D eigenvalue weighted by Gasteiger charge is 2.20. The molecule has 21 heavy (non-hydrogen) atoms. The molecule has 2 rings (SSSR count). The number of carbonyl (C=O) groups is 2. The SMILES string of the molecule is CC(C)Oc1ccccc1NC(=O)CC(=O)N1CCCC1. The first-order valence-electron chi connectivity index (χ1n) is 7.39. The maximum Gasteiger partial charge on any atom is 0.233 e. The van der Waals surface area contributed by atoms with E-state index in [1.165, 1.54) is 0 Å². The van der Waals surface area contributed by atoms with Crippen LogP contribution in [0.5, 0.6) is 5.75 Å². The predicted octanol–water partition coefficient (Wildman–Crippen LogP) is 2.42. The third-order valence-corrected chi connectivity index (χ3v) is 3.29. The molecule has 5 nitrogen and oxygen atoms in total. The molecule has 0 saturated carbocycles. The molecule has 0 unspecified atom stereocenters. The zero-order valence-corrected chi connectivity index (χ0v) is 12.6. The highest BCUT2D eigenvalue weighted by molar-refractivity contribution is 6.04. The van der Waals surface area contributed by atoms with Gasteiger partial charge in [0.2, 0.25) is 11.8 Å². The minimum atomic E-state index is -0.299. The van der Waals surface area contributed by atoms with Crippen molar-refractivity contribution in [1.29, 1.82) is 0 Å². The van der Waals surface area contributed by atoms with Gasteiger partial charge in [-0.3, -0.25) is 9.59 Å². The van der Waals surface area contributed by atoms with E-state index in [4.69, 9.17) is 4.74 Å². The highest BCUT2D eigenvalue weighted by Crippen LogP contribution is 2.25. The smallest absolute Gasteiger partial charge is 0.233 e. The molecule has 1 aromatic rings. The van der Waals surface area contributed by atoms with Gasteiger partial charge in [0.25, 0.3) is 0 Å². The second kappa shape index (κ2) is 7.11. The van der Waals surface area contributed by atoms with Gasteiger partial charge < -0.3 is 15.0 Å². The molecule has 1 saturated heterocycles. The Labute approximate surface area is 125 Å². The summed E-state index contributed by atoms with van der Waals surface area (Å²) in [4.78, 5) is 25.7. The van der Waals surface area contributed by atoms with E-state index in [1.807, 2.05) is 26.0 Å². The van der Waals surface area contributed by atoms with Crippen molar-refractivity contribution in [1.82, 2.24) is 4.90 Å². The van der Waals surface area contributed by atoms with E-state index in [1.54, 1.807) is 17.0 Å². The Morgan fingerprint density at radius 3 is 2.57 bits per heavy atom. The molecular weight excluding hydrogens is 268 g/mol. The summed E-state index contributed by atoms with van der Waals surface area (Å²) in [6.45, 7) is 5.38. The van der Waals surface area contributed by atoms with Crippen LogP contribution in [0.4, 0.5) is 5.69 Å². The van der Waals surface area contributed by atoms with E-state index < -0.39 is 0 Å². The number of para-hydroxylation sites is 2. The summed E-state index contributed by atoms with van der Waals surface area (Å²) < 4.78 is 5.64. The van der Waals surface area contributed by atoms with Crippen LogP contribution in [-0.4, -0.2) is 35.9 Å². The van der Waals surface area contributed by atoms with Crippen LogP contribution in [0.3, 0.4) is 0 Å². The van der Waals surface area contributed by atoms with Crippen LogP contribution < -0.4 is 10.1 Å². The molecule has 1 heterocycles. The first kappa shape index (κ1) is 15.4. The fraction of sp³-hybridized carbons (Fsp3) is 0.500. The van der Waals surface area contributed by atoms with Gasteiger partial charge in [0, 0.05) is 13.1 Å². The van der Waals surface area contributed by atoms with Crippen molar-refractivity contribution in [2.24, 2.45) is 0 Å². The lowest BCUT2D eigenvalue weighted by molar-refractivity contribution is -0.133. The molecule has 0 aromatic heterocycles. The lowest BCUT2D eigenvalue weighted by atomic mass is 10.2. The summed E-state index contributed by atoms with van der Waals surface area (Å²) in [5.74, 6) is 0.216. The summed E-state index contributed by atoms with van der Waals surface area (Å²) in [5, 5.41) is 2.76. The topological polar surface area (TPSA) is 58.6 Å². The van der Waals surface area contributed by atoms with Crippen molar-refractivity contribution in [2.45, 2.75) is 39.2 Å². The average molecular weight is 290 g/mol. The number of ether oxygens (including phenoxy) is 1. The van der Waals surface area contributed by atoms with Crippen LogP contribution in [0.15, 0.2) is 24.3 Å². The highest BCUT2D eigenvalue weighted by atomic mass is 16.5. The average Bonchev–Trinajstić information content (AvgIpc) is 2.94. The van der Waals surface area contributed by atoms with Crippen molar-refractivity contribution in [3.8, 4) is 5.75 Å². The summed E-state index contributed by atoms with van der Waals surface area (Å²) >= 11 is 0. The number of anilines is 1. The van der Waals surface area contributed by atoms with Crippen molar-refractivity contribution in [2.75, 3.05) is 18.4 Å². The number of benzene rings is 1.